The van der Waals surface area contributed by atoms with E-state index in [1.165, 1.54) is 0 Å². The standard InChI is InChI=1S/C6H6N.2ClH.Zn/c1-6-3-2-4-7-5-6;;;/h2-5H,1H2;2*1H;/q-1;;;+2/p-1. The van der Waals surface area contributed by atoms with Gasteiger partial charge < -0.3 is 4.98 Å². The van der Waals surface area contributed by atoms with Gasteiger partial charge in [-0.2, -0.15) is 18.6 Å². The van der Waals surface area contributed by atoms with E-state index in [9.17, 15) is 0 Å². The molecular formula is C6H7Cl2NZn. The first-order valence-electron chi connectivity index (χ1n) is 2.38. The van der Waals surface area contributed by atoms with Crippen LogP contribution in [0.3, 0.4) is 0 Å². The molecule has 1 nitrogen and oxygen atoms in total. The number of hydrogen-bond acceptors (Lipinski definition) is 1. The van der Waals surface area contributed by atoms with Crippen molar-refractivity contribution in [1.29, 1.82) is 0 Å². The Hall–Kier alpha value is 0.223. The molecule has 1 rings (SSSR count). The summed E-state index contributed by atoms with van der Waals surface area (Å²) in [7, 11) is 4.76. The predicted octanol–water partition coefficient (Wildman–Crippen LogP) is 2.37. The van der Waals surface area contributed by atoms with E-state index in [4.69, 9.17) is 9.69 Å². The minimum absolute atomic E-state index is 0. The molecule has 4 heteroatoms. The first kappa shape index (κ1) is 12.9. The fourth-order valence-electron chi connectivity index (χ4n) is 0.398. The minimum atomic E-state index is 0. The molecule has 0 amide bonds. The van der Waals surface area contributed by atoms with E-state index in [-0.39, 0.29) is 12.4 Å². The number of pyridine rings is 1. The summed E-state index contributed by atoms with van der Waals surface area (Å²) in [5, 5.41) is 0. The molecule has 1 heterocycles. The fourth-order valence-corrected chi connectivity index (χ4v) is 0.398. The molecule has 0 radical (unpaired) electrons. The summed E-state index contributed by atoms with van der Waals surface area (Å²) in [6.07, 6.45) is 3.45. The van der Waals surface area contributed by atoms with Crippen molar-refractivity contribution in [3.8, 4) is 0 Å². The molecule has 1 aromatic rings. The second-order valence-corrected chi connectivity index (χ2v) is 1.36. The van der Waals surface area contributed by atoms with E-state index in [0.29, 0.717) is 0 Å². The van der Waals surface area contributed by atoms with Crippen molar-refractivity contribution in [2.45, 2.75) is 0 Å². The van der Waals surface area contributed by atoms with Crippen molar-refractivity contribution < 1.29 is 17.3 Å². The van der Waals surface area contributed by atoms with Gasteiger partial charge in [-0.25, -0.2) is 0 Å². The molecule has 0 unspecified atom stereocenters. The quantitative estimate of drug-likeness (QED) is 0.492. The van der Waals surface area contributed by atoms with Crippen LogP contribution in [0.5, 0.6) is 0 Å². The SMILES string of the molecule is Cl.[CH2-]c1cccnc1.[Cl][Zn+]. The predicted molar refractivity (Wildman–Crippen MR) is 41.8 cm³/mol. The van der Waals surface area contributed by atoms with Gasteiger partial charge in [-0.05, 0) is 6.20 Å². The van der Waals surface area contributed by atoms with Crippen molar-refractivity contribution in [3.05, 3.63) is 37.0 Å². The number of hydrogen-bond donors (Lipinski definition) is 0. The molecule has 0 fully saturated rings. The summed E-state index contributed by atoms with van der Waals surface area (Å²) in [6, 6.07) is 3.77. The van der Waals surface area contributed by atoms with E-state index in [1.807, 2.05) is 12.1 Å². The van der Waals surface area contributed by atoms with E-state index >= 15 is 0 Å². The van der Waals surface area contributed by atoms with Gasteiger partial charge in [0.15, 0.2) is 0 Å². The topological polar surface area (TPSA) is 12.9 Å². The molecule has 0 saturated carbocycles. The third kappa shape index (κ3) is 6.34. The summed E-state index contributed by atoms with van der Waals surface area (Å²) in [6.45, 7) is 3.66. The Bertz CT molecular complexity index is 146. The number of halogens is 2. The normalized spacial score (nSPS) is 6.70. The maximum absolute atomic E-state index is 4.76. The Kier molecular flexibility index (Phi) is 11.9. The summed E-state index contributed by atoms with van der Waals surface area (Å²) in [5.74, 6) is 0. The third-order valence-electron chi connectivity index (χ3n) is 0.723. The van der Waals surface area contributed by atoms with Gasteiger partial charge in [0.1, 0.15) is 0 Å². The molecule has 1 aromatic heterocycles. The van der Waals surface area contributed by atoms with Crippen molar-refractivity contribution in [2.24, 2.45) is 0 Å². The van der Waals surface area contributed by atoms with E-state index < -0.39 is 0 Å². The van der Waals surface area contributed by atoms with Crippen LogP contribution < -0.4 is 0 Å². The fraction of sp³-hybridized carbons (Fsp3) is 0. The van der Waals surface area contributed by atoms with Gasteiger partial charge in [0.25, 0.3) is 0 Å². The van der Waals surface area contributed by atoms with Gasteiger partial charge in [0.2, 0.25) is 0 Å². The van der Waals surface area contributed by atoms with Crippen molar-refractivity contribution >= 4 is 22.1 Å². The molecule has 10 heavy (non-hydrogen) atoms. The van der Waals surface area contributed by atoms with Gasteiger partial charge in [-0.1, -0.05) is 6.20 Å². The molecule has 0 aliphatic heterocycles. The summed E-state index contributed by atoms with van der Waals surface area (Å²) < 4.78 is 0. The van der Waals surface area contributed by atoms with Crippen LogP contribution >= 0.6 is 22.1 Å². The van der Waals surface area contributed by atoms with Crippen LogP contribution in [0.25, 0.3) is 0 Å². The van der Waals surface area contributed by atoms with E-state index in [0.717, 1.165) is 22.9 Å². The van der Waals surface area contributed by atoms with Crippen LogP contribution in [0.2, 0.25) is 0 Å². The zero-order chi connectivity index (χ0) is 7.11. The third-order valence-corrected chi connectivity index (χ3v) is 0.723. The van der Waals surface area contributed by atoms with Crippen LogP contribution in [-0.4, -0.2) is 4.98 Å². The Morgan fingerprint density at radius 1 is 1.50 bits per heavy atom. The van der Waals surface area contributed by atoms with Crippen molar-refractivity contribution in [3.63, 3.8) is 0 Å². The van der Waals surface area contributed by atoms with E-state index in [1.54, 1.807) is 12.4 Å². The molecule has 0 aromatic carbocycles. The van der Waals surface area contributed by atoms with Crippen LogP contribution in [0.1, 0.15) is 5.56 Å². The summed E-state index contributed by atoms with van der Waals surface area (Å²) in [4.78, 5) is 3.82. The molecule has 0 spiro atoms. The Balaban J connectivity index is 0. The second-order valence-electron chi connectivity index (χ2n) is 1.36. The van der Waals surface area contributed by atoms with Crippen molar-refractivity contribution in [2.75, 3.05) is 0 Å². The Morgan fingerprint density at radius 2 is 2.10 bits per heavy atom. The zero-order valence-corrected chi connectivity index (χ0v) is 10.00. The average Bonchev–Trinajstić information content (AvgIpc) is 1.94. The molecule has 0 bridgehead atoms. The summed E-state index contributed by atoms with van der Waals surface area (Å²) >= 11 is 0.847. The van der Waals surface area contributed by atoms with Gasteiger partial charge in [-0.3, -0.25) is 0 Å². The number of aromatic nitrogens is 1. The molecule has 0 N–H and O–H groups in total. The number of nitrogens with zero attached hydrogens (tertiary/aromatic N) is 1. The molecule has 52 valence electrons. The van der Waals surface area contributed by atoms with Gasteiger partial charge in [-0.15, -0.1) is 18.5 Å². The first-order valence-corrected chi connectivity index (χ1v) is 6.28. The maximum atomic E-state index is 4.76. The van der Waals surface area contributed by atoms with Crippen LogP contribution in [-0.2, 0) is 17.3 Å². The first-order chi connectivity index (χ1) is 4.39. The van der Waals surface area contributed by atoms with Crippen molar-refractivity contribution in [1.82, 2.24) is 4.98 Å². The average molecular weight is 229 g/mol. The Morgan fingerprint density at radius 3 is 2.30 bits per heavy atom. The van der Waals surface area contributed by atoms with Crippen LogP contribution in [0.15, 0.2) is 24.5 Å². The summed E-state index contributed by atoms with van der Waals surface area (Å²) in [5.41, 5.74) is 0.961. The molecule has 0 saturated heterocycles. The van der Waals surface area contributed by atoms with Gasteiger partial charge in [0, 0.05) is 0 Å². The molecular weight excluding hydrogens is 222 g/mol. The zero-order valence-electron chi connectivity index (χ0n) is 5.46. The second kappa shape index (κ2) is 9.22. The monoisotopic (exact) mass is 227 g/mol. The molecule has 0 aliphatic rings. The Labute approximate surface area is 81.3 Å². The molecule has 0 atom stereocenters. The van der Waals surface area contributed by atoms with E-state index in [2.05, 4.69) is 11.9 Å². The van der Waals surface area contributed by atoms with Gasteiger partial charge in [0.05, 0.1) is 0 Å². The van der Waals surface area contributed by atoms with Crippen LogP contribution in [0, 0.1) is 6.92 Å². The van der Waals surface area contributed by atoms with Crippen LogP contribution in [0.4, 0.5) is 0 Å². The molecule has 0 aliphatic carbocycles. The van der Waals surface area contributed by atoms with Gasteiger partial charge >= 0.3 is 27.0 Å². The number of rotatable bonds is 0.